The summed E-state index contributed by atoms with van der Waals surface area (Å²) in [6.45, 7) is 2.31. The number of halogens is 3. The molecule has 0 aliphatic carbocycles. The summed E-state index contributed by atoms with van der Waals surface area (Å²) in [5.41, 5.74) is 4.88. The van der Waals surface area contributed by atoms with Gasteiger partial charge in [0.05, 0.1) is 11.4 Å². The average Bonchev–Trinajstić information content (AvgIpc) is 3.61. The van der Waals surface area contributed by atoms with Crippen molar-refractivity contribution in [1.82, 2.24) is 20.6 Å². The summed E-state index contributed by atoms with van der Waals surface area (Å²) in [6.07, 6.45) is 1.20. The van der Waals surface area contributed by atoms with E-state index in [4.69, 9.17) is 4.74 Å². The Morgan fingerprint density at radius 1 is 0.865 bits per heavy atom. The zero-order chi connectivity index (χ0) is 25.7. The van der Waals surface area contributed by atoms with Crippen LogP contribution in [-0.4, -0.2) is 53.4 Å². The first-order chi connectivity index (χ1) is 17.8. The van der Waals surface area contributed by atoms with E-state index in [1.165, 1.54) is 31.2 Å². The Labute approximate surface area is 212 Å². The van der Waals surface area contributed by atoms with Crippen molar-refractivity contribution in [2.75, 3.05) is 13.1 Å². The molecule has 2 aliphatic heterocycles. The van der Waals surface area contributed by atoms with Gasteiger partial charge in [-0.25, -0.2) is 13.2 Å². The zero-order valence-corrected chi connectivity index (χ0v) is 20.5. The summed E-state index contributed by atoms with van der Waals surface area (Å²) in [5, 5.41) is 8.47. The highest BCUT2D eigenvalue weighted by Gasteiger charge is 2.30. The fourth-order valence-corrected chi connectivity index (χ4v) is 5.99. The van der Waals surface area contributed by atoms with Gasteiger partial charge in [-0.15, -0.1) is 0 Å². The smallest absolute Gasteiger partial charge is 0.302 e. The number of aromatic amines is 2. The molecule has 2 saturated heterocycles. The van der Waals surface area contributed by atoms with Crippen LogP contribution in [0.4, 0.5) is 13.2 Å². The van der Waals surface area contributed by atoms with E-state index in [2.05, 4.69) is 20.6 Å². The Balaban J connectivity index is 1.45. The van der Waals surface area contributed by atoms with Gasteiger partial charge < -0.3 is 25.3 Å². The summed E-state index contributed by atoms with van der Waals surface area (Å²) >= 11 is 0. The number of fused-ring (bicyclic) bond motifs is 2. The molecule has 6 rings (SSSR count). The summed E-state index contributed by atoms with van der Waals surface area (Å²) in [7, 11) is 0. The number of nitrogens with one attached hydrogen (secondary N) is 4. The highest BCUT2D eigenvalue weighted by Crippen LogP contribution is 2.38. The number of hydrogen-bond acceptors (Lipinski definition) is 4. The number of ether oxygens (including phenoxy) is 1. The van der Waals surface area contributed by atoms with E-state index in [-0.39, 0.29) is 35.8 Å². The summed E-state index contributed by atoms with van der Waals surface area (Å²) in [5.74, 6) is -0.995. The lowest BCUT2D eigenvalue weighted by Gasteiger charge is -2.14. The average molecular weight is 511 g/mol. The van der Waals surface area contributed by atoms with Gasteiger partial charge in [-0.3, -0.25) is 4.79 Å². The van der Waals surface area contributed by atoms with Gasteiger partial charge in [0.15, 0.2) is 0 Å². The topological polar surface area (TPSA) is 81.9 Å². The molecule has 2 aromatic heterocycles. The minimum absolute atomic E-state index is 0.0379. The number of carbonyl (C=O) groups is 1. The van der Waals surface area contributed by atoms with Crippen LogP contribution in [0.2, 0.25) is 0 Å². The Kier molecular flexibility index (Phi) is 6.20. The highest BCUT2D eigenvalue weighted by atomic mass is 19.1. The van der Waals surface area contributed by atoms with Gasteiger partial charge >= 0.3 is 5.97 Å². The first-order valence-corrected chi connectivity index (χ1v) is 12.7. The van der Waals surface area contributed by atoms with Gasteiger partial charge in [0.1, 0.15) is 23.9 Å². The third kappa shape index (κ3) is 4.73. The van der Waals surface area contributed by atoms with E-state index in [0.717, 1.165) is 33.3 Å². The van der Waals surface area contributed by atoms with E-state index in [9.17, 15) is 18.0 Å². The molecule has 2 fully saturated rings. The van der Waals surface area contributed by atoms with Crippen molar-refractivity contribution in [2.24, 2.45) is 0 Å². The molecule has 0 saturated carbocycles. The predicted molar refractivity (Wildman–Crippen MR) is 136 cm³/mol. The molecule has 4 N–H and O–H groups in total. The Hall–Kier alpha value is -3.30. The largest absolute Gasteiger partial charge is 0.461 e. The van der Waals surface area contributed by atoms with Crippen LogP contribution in [0.3, 0.4) is 0 Å². The van der Waals surface area contributed by atoms with Crippen LogP contribution < -0.4 is 10.6 Å². The van der Waals surface area contributed by atoms with E-state index < -0.39 is 6.17 Å². The molecule has 0 amide bonds. The van der Waals surface area contributed by atoms with Crippen LogP contribution in [0, 0.1) is 11.6 Å². The lowest BCUT2D eigenvalue weighted by Crippen LogP contribution is -2.24. The molecule has 4 heterocycles. The number of carbonyl (C=O) groups excluding carboxylic acids is 1. The molecule has 2 aromatic carbocycles. The Morgan fingerprint density at radius 3 is 1.92 bits per heavy atom. The second-order valence-corrected chi connectivity index (χ2v) is 10.3. The number of H-pyrrole nitrogens is 2. The first-order valence-electron chi connectivity index (χ1n) is 12.7. The maximum Gasteiger partial charge on any atom is 0.302 e. The van der Waals surface area contributed by atoms with Gasteiger partial charge in [0.25, 0.3) is 0 Å². The minimum Gasteiger partial charge on any atom is -0.461 e. The monoisotopic (exact) mass is 510 g/mol. The fourth-order valence-electron chi connectivity index (χ4n) is 5.99. The maximum atomic E-state index is 14.2. The van der Waals surface area contributed by atoms with Crippen molar-refractivity contribution >= 4 is 27.8 Å². The number of benzene rings is 2. The van der Waals surface area contributed by atoms with E-state index in [1.54, 1.807) is 12.1 Å². The lowest BCUT2D eigenvalue weighted by atomic mass is 9.95. The highest BCUT2D eigenvalue weighted by molar-refractivity contribution is 5.96. The van der Waals surface area contributed by atoms with Gasteiger partial charge in [-0.2, -0.15) is 0 Å². The van der Waals surface area contributed by atoms with Crippen molar-refractivity contribution in [3.63, 3.8) is 0 Å². The number of alkyl halides is 1. The van der Waals surface area contributed by atoms with Gasteiger partial charge in [-0.1, -0.05) is 0 Å². The summed E-state index contributed by atoms with van der Waals surface area (Å²) < 4.78 is 47.7. The predicted octanol–water partition coefficient (Wildman–Crippen LogP) is 4.67. The molecular weight excluding hydrogens is 481 g/mol. The third-order valence-electron chi connectivity index (χ3n) is 7.57. The molecule has 194 valence electrons. The number of aromatic nitrogens is 2. The number of esters is 1. The normalized spacial score (nSPS) is 23.9. The molecule has 37 heavy (non-hydrogen) atoms. The number of rotatable bonds is 6. The molecular formula is C28H29F3N4O2. The third-order valence-corrected chi connectivity index (χ3v) is 7.57. The Bertz CT molecular complexity index is 1480. The molecule has 0 bridgehead atoms. The molecule has 6 nitrogen and oxygen atoms in total. The van der Waals surface area contributed by atoms with E-state index in [1.807, 2.05) is 0 Å². The zero-order valence-electron chi connectivity index (χ0n) is 20.5. The Morgan fingerprint density at radius 2 is 1.41 bits per heavy atom. The summed E-state index contributed by atoms with van der Waals surface area (Å²) in [4.78, 5) is 18.2. The molecule has 0 radical (unpaired) electrons. The molecule has 4 atom stereocenters. The van der Waals surface area contributed by atoms with Crippen molar-refractivity contribution in [3.8, 4) is 11.4 Å². The second kappa shape index (κ2) is 9.54. The van der Waals surface area contributed by atoms with Crippen molar-refractivity contribution in [3.05, 3.63) is 59.2 Å². The van der Waals surface area contributed by atoms with Crippen LogP contribution in [0.25, 0.3) is 33.2 Å². The fraction of sp³-hybridized carbons (Fsp3) is 0.393. The van der Waals surface area contributed by atoms with Crippen LogP contribution in [0.1, 0.15) is 30.9 Å². The molecule has 0 unspecified atom stereocenters. The molecule has 4 aromatic rings. The van der Waals surface area contributed by atoms with Gasteiger partial charge in [-0.05, 0) is 66.8 Å². The van der Waals surface area contributed by atoms with Crippen LogP contribution >= 0.6 is 0 Å². The standard InChI is InChI=1S/C28H29F3N4O2/c1-14(36)37-20-9-19(33-13-20)11-24-22-5-3-16(30)8-26(22)35-28(24)27-23(10-18-6-17(31)12-32-18)21-4-2-15(29)7-25(21)34-27/h2-5,7-8,17-20,32-35H,6,9-13H2,1H3/t17-,18-,19-,20-/m0/s1. The quantitative estimate of drug-likeness (QED) is 0.284. The SMILES string of the molecule is CC(=O)O[C@@H]1CN[C@H](Cc2c(-c3[nH]c4cc(F)ccc4c3C[C@@H]3C[C@H](F)CN3)[nH]c3cc(F)ccc23)C1. The van der Waals surface area contributed by atoms with Crippen LogP contribution in [0.15, 0.2) is 36.4 Å². The number of hydrogen-bond donors (Lipinski definition) is 4. The molecule has 9 heteroatoms. The van der Waals surface area contributed by atoms with E-state index >= 15 is 0 Å². The van der Waals surface area contributed by atoms with Crippen LogP contribution in [-0.2, 0) is 22.4 Å². The van der Waals surface area contributed by atoms with Crippen molar-refractivity contribution < 1.29 is 22.7 Å². The van der Waals surface area contributed by atoms with Gasteiger partial charge in [0, 0.05) is 60.3 Å². The van der Waals surface area contributed by atoms with Crippen molar-refractivity contribution in [2.45, 2.75) is 57.0 Å². The molecule has 0 spiro atoms. The maximum absolute atomic E-state index is 14.2. The van der Waals surface area contributed by atoms with E-state index in [0.29, 0.717) is 49.8 Å². The first kappa shape index (κ1) is 24.1. The van der Waals surface area contributed by atoms with Gasteiger partial charge in [0.2, 0.25) is 0 Å². The van der Waals surface area contributed by atoms with Crippen LogP contribution in [0.5, 0.6) is 0 Å². The lowest BCUT2D eigenvalue weighted by molar-refractivity contribution is -0.145. The minimum atomic E-state index is -0.888. The van der Waals surface area contributed by atoms with Crippen molar-refractivity contribution in [1.29, 1.82) is 0 Å². The summed E-state index contributed by atoms with van der Waals surface area (Å²) in [6, 6.07) is 9.36. The molecule has 2 aliphatic rings. The second-order valence-electron chi connectivity index (χ2n) is 10.3.